The first-order valence-corrected chi connectivity index (χ1v) is 10.6. The van der Waals surface area contributed by atoms with E-state index in [-0.39, 0.29) is 41.6 Å². The van der Waals surface area contributed by atoms with Gasteiger partial charge in [-0.25, -0.2) is 9.18 Å². The lowest BCUT2D eigenvalue weighted by atomic mass is 10.1. The van der Waals surface area contributed by atoms with E-state index in [0.29, 0.717) is 6.42 Å². The van der Waals surface area contributed by atoms with Crippen molar-refractivity contribution in [1.82, 2.24) is 9.55 Å². The van der Waals surface area contributed by atoms with Crippen LogP contribution in [0.3, 0.4) is 0 Å². The molecule has 0 aliphatic carbocycles. The summed E-state index contributed by atoms with van der Waals surface area (Å²) >= 11 is 6.08. The number of anilines is 2. The van der Waals surface area contributed by atoms with E-state index in [4.69, 9.17) is 17.3 Å². The van der Waals surface area contributed by atoms with Crippen molar-refractivity contribution < 1.29 is 9.18 Å². The number of carbonyl (C=O) groups excluding carboxylic acids is 1. The third kappa shape index (κ3) is 5.08. The van der Waals surface area contributed by atoms with Gasteiger partial charge in [0, 0.05) is 17.1 Å². The second kappa shape index (κ2) is 10.3. The summed E-state index contributed by atoms with van der Waals surface area (Å²) in [4.78, 5) is 41.8. The summed E-state index contributed by atoms with van der Waals surface area (Å²) in [5.74, 6) is -1.29. The van der Waals surface area contributed by atoms with E-state index in [0.717, 1.165) is 12.0 Å². The highest BCUT2D eigenvalue weighted by atomic mass is 35.5. The van der Waals surface area contributed by atoms with Crippen LogP contribution in [-0.4, -0.2) is 22.0 Å². The Morgan fingerprint density at radius 3 is 2.53 bits per heavy atom. The molecule has 168 valence electrons. The average molecular weight is 459 g/mol. The fourth-order valence-corrected chi connectivity index (χ4v) is 3.62. The molecule has 0 unspecified atom stereocenters. The van der Waals surface area contributed by atoms with Gasteiger partial charge >= 0.3 is 5.69 Å². The molecule has 1 heterocycles. The van der Waals surface area contributed by atoms with Gasteiger partial charge in [0.1, 0.15) is 11.6 Å². The van der Waals surface area contributed by atoms with Crippen molar-refractivity contribution in [3.8, 4) is 0 Å². The highest BCUT2D eigenvalue weighted by molar-refractivity contribution is 6.31. The fraction of sp³-hybridized carbons (Fsp3) is 0.261. The normalized spacial score (nSPS) is 10.8. The maximum absolute atomic E-state index is 14.3. The summed E-state index contributed by atoms with van der Waals surface area (Å²) in [5.41, 5.74) is 5.49. The number of nitrogens with two attached hydrogens (primary N) is 1. The standard InChI is InChI=1S/C23H24ClFN4O3/c1-2-3-12-28(19(30)13-16-17(24)10-7-11-18(16)25)20-21(26)29(23(32)27-22(20)31)14-15-8-5-4-6-9-15/h4-11H,2-3,12-14,26H2,1H3,(H,27,31,32). The lowest BCUT2D eigenvalue weighted by Gasteiger charge is -2.25. The lowest BCUT2D eigenvalue weighted by Crippen LogP contribution is -2.42. The molecule has 9 heteroatoms. The second-order valence-electron chi connectivity index (χ2n) is 7.34. The van der Waals surface area contributed by atoms with E-state index < -0.39 is 23.0 Å². The number of rotatable bonds is 8. The van der Waals surface area contributed by atoms with Crippen LogP contribution in [0.1, 0.15) is 30.9 Å². The zero-order chi connectivity index (χ0) is 23.3. The van der Waals surface area contributed by atoms with Crippen LogP contribution in [0, 0.1) is 5.82 Å². The van der Waals surface area contributed by atoms with E-state index in [1.807, 2.05) is 37.3 Å². The number of halogens is 2. The molecule has 7 nitrogen and oxygen atoms in total. The number of amides is 1. The molecular weight excluding hydrogens is 435 g/mol. The third-order valence-electron chi connectivity index (χ3n) is 5.09. The Balaban J connectivity index is 2.05. The first-order valence-electron chi connectivity index (χ1n) is 10.2. The Labute approximate surface area is 189 Å². The number of aromatic nitrogens is 2. The largest absolute Gasteiger partial charge is 0.383 e. The zero-order valence-corrected chi connectivity index (χ0v) is 18.4. The average Bonchev–Trinajstić information content (AvgIpc) is 2.76. The predicted octanol–water partition coefficient (Wildman–Crippen LogP) is 3.34. The van der Waals surface area contributed by atoms with Crippen molar-refractivity contribution in [1.29, 1.82) is 0 Å². The molecule has 32 heavy (non-hydrogen) atoms. The SMILES string of the molecule is CCCCN(C(=O)Cc1c(F)cccc1Cl)c1c(N)n(Cc2ccccc2)c(=O)[nH]c1=O. The number of nitrogens with one attached hydrogen (secondary N) is 1. The fourth-order valence-electron chi connectivity index (χ4n) is 3.39. The molecule has 0 bridgehead atoms. The van der Waals surface area contributed by atoms with Gasteiger partial charge in [0.25, 0.3) is 5.56 Å². The molecule has 0 spiro atoms. The van der Waals surface area contributed by atoms with Gasteiger partial charge in [-0.2, -0.15) is 0 Å². The van der Waals surface area contributed by atoms with E-state index >= 15 is 0 Å². The number of H-pyrrole nitrogens is 1. The second-order valence-corrected chi connectivity index (χ2v) is 7.75. The first kappa shape index (κ1) is 23.3. The number of carbonyl (C=O) groups is 1. The van der Waals surface area contributed by atoms with E-state index in [2.05, 4.69) is 4.98 Å². The summed E-state index contributed by atoms with van der Waals surface area (Å²) in [7, 11) is 0. The van der Waals surface area contributed by atoms with Crippen LogP contribution in [0.4, 0.5) is 15.9 Å². The maximum Gasteiger partial charge on any atom is 0.330 e. The summed E-state index contributed by atoms with van der Waals surface area (Å²) in [6, 6.07) is 13.3. The van der Waals surface area contributed by atoms with Gasteiger partial charge in [0.05, 0.1) is 13.0 Å². The van der Waals surface area contributed by atoms with Crippen molar-refractivity contribution in [2.24, 2.45) is 0 Å². The molecule has 2 aromatic carbocycles. The summed E-state index contributed by atoms with van der Waals surface area (Å²) in [6.07, 6.45) is 0.963. The molecule has 0 radical (unpaired) electrons. The van der Waals surface area contributed by atoms with Gasteiger partial charge in [0.15, 0.2) is 5.69 Å². The Bertz CT molecular complexity index is 1200. The number of benzene rings is 2. The number of nitrogens with zero attached hydrogens (tertiary/aromatic N) is 2. The first-order chi connectivity index (χ1) is 15.3. The number of aromatic amines is 1. The van der Waals surface area contributed by atoms with Gasteiger partial charge in [-0.05, 0) is 24.1 Å². The Morgan fingerprint density at radius 1 is 1.16 bits per heavy atom. The molecule has 3 N–H and O–H groups in total. The van der Waals surface area contributed by atoms with Crippen molar-refractivity contribution in [3.05, 3.63) is 91.3 Å². The molecule has 3 rings (SSSR count). The summed E-state index contributed by atoms with van der Waals surface area (Å²) in [6.45, 7) is 2.22. The summed E-state index contributed by atoms with van der Waals surface area (Å²) in [5, 5.41) is 0.115. The number of hydrogen-bond acceptors (Lipinski definition) is 4. The van der Waals surface area contributed by atoms with Crippen LogP contribution in [0.15, 0.2) is 58.1 Å². The monoisotopic (exact) mass is 458 g/mol. The quantitative estimate of drug-likeness (QED) is 0.540. The van der Waals surface area contributed by atoms with Crippen LogP contribution in [0.25, 0.3) is 0 Å². The van der Waals surface area contributed by atoms with Gasteiger partial charge in [-0.3, -0.25) is 19.1 Å². The molecule has 3 aromatic rings. The minimum atomic E-state index is -0.777. The van der Waals surface area contributed by atoms with E-state index in [1.165, 1.54) is 27.7 Å². The molecule has 1 amide bonds. The highest BCUT2D eigenvalue weighted by Crippen LogP contribution is 2.23. The van der Waals surface area contributed by atoms with Crippen molar-refractivity contribution in [2.45, 2.75) is 32.7 Å². The van der Waals surface area contributed by atoms with Crippen LogP contribution < -0.4 is 21.9 Å². The Kier molecular flexibility index (Phi) is 7.48. The van der Waals surface area contributed by atoms with Gasteiger partial charge < -0.3 is 10.6 Å². The van der Waals surface area contributed by atoms with Gasteiger partial charge in [0.2, 0.25) is 5.91 Å². The van der Waals surface area contributed by atoms with Crippen LogP contribution in [0.5, 0.6) is 0 Å². The number of unbranched alkanes of at least 4 members (excludes halogenated alkanes) is 1. The Hall–Kier alpha value is -3.39. The minimum Gasteiger partial charge on any atom is -0.383 e. The molecule has 0 atom stereocenters. The van der Waals surface area contributed by atoms with Crippen LogP contribution >= 0.6 is 11.6 Å². The number of hydrogen-bond donors (Lipinski definition) is 2. The molecule has 0 aliphatic heterocycles. The lowest BCUT2D eigenvalue weighted by molar-refractivity contribution is -0.118. The summed E-state index contributed by atoms with van der Waals surface area (Å²) < 4.78 is 15.5. The molecular formula is C23H24ClFN4O3. The van der Waals surface area contributed by atoms with Crippen molar-refractivity contribution >= 4 is 29.0 Å². The molecule has 0 saturated carbocycles. The van der Waals surface area contributed by atoms with E-state index in [1.54, 1.807) is 0 Å². The van der Waals surface area contributed by atoms with E-state index in [9.17, 15) is 18.8 Å². The van der Waals surface area contributed by atoms with Crippen molar-refractivity contribution in [3.63, 3.8) is 0 Å². The zero-order valence-electron chi connectivity index (χ0n) is 17.6. The smallest absolute Gasteiger partial charge is 0.330 e. The molecule has 0 fully saturated rings. The van der Waals surface area contributed by atoms with Crippen LogP contribution in [-0.2, 0) is 17.8 Å². The van der Waals surface area contributed by atoms with Gasteiger partial charge in [-0.15, -0.1) is 0 Å². The maximum atomic E-state index is 14.3. The Morgan fingerprint density at radius 2 is 1.88 bits per heavy atom. The predicted molar refractivity (Wildman–Crippen MR) is 124 cm³/mol. The molecule has 1 aromatic heterocycles. The number of nitrogen functional groups attached to an aromatic ring is 1. The van der Waals surface area contributed by atoms with Gasteiger partial charge in [-0.1, -0.05) is 61.3 Å². The van der Waals surface area contributed by atoms with Crippen LogP contribution in [0.2, 0.25) is 5.02 Å². The highest BCUT2D eigenvalue weighted by Gasteiger charge is 2.25. The minimum absolute atomic E-state index is 0.0354. The third-order valence-corrected chi connectivity index (χ3v) is 5.45. The molecule has 0 aliphatic rings. The topological polar surface area (TPSA) is 101 Å². The van der Waals surface area contributed by atoms with Crippen molar-refractivity contribution in [2.75, 3.05) is 17.2 Å². The molecule has 0 saturated heterocycles.